The molecule has 5 heteroatoms. The van der Waals surface area contributed by atoms with E-state index in [4.69, 9.17) is 9.47 Å². The first-order valence-electron chi connectivity index (χ1n) is 10.3. The molecule has 0 saturated carbocycles. The van der Waals surface area contributed by atoms with Crippen LogP contribution in [0.15, 0.2) is 42.5 Å². The van der Waals surface area contributed by atoms with Crippen LogP contribution >= 0.6 is 0 Å². The number of nitrogens with zero attached hydrogens (tertiary/aromatic N) is 1. The van der Waals surface area contributed by atoms with Crippen LogP contribution in [0.4, 0.5) is 4.39 Å². The molecule has 29 heavy (non-hydrogen) atoms. The molecule has 0 radical (unpaired) electrons. The summed E-state index contributed by atoms with van der Waals surface area (Å²) in [7, 11) is 3.14. The first kappa shape index (κ1) is 19.9. The van der Waals surface area contributed by atoms with Crippen LogP contribution in [0.2, 0.25) is 0 Å². The average molecular weight is 397 g/mol. The normalized spacial score (nSPS) is 21.1. The summed E-state index contributed by atoms with van der Waals surface area (Å²) in [4.78, 5) is 15.2. The van der Waals surface area contributed by atoms with Crippen molar-refractivity contribution < 1.29 is 18.7 Å². The zero-order valence-corrected chi connectivity index (χ0v) is 17.1. The number of rotatable bonds is 6. The quantitative estimate of drug-likeness (QED) is 0.722. The summed E-state index contributed by atoms with van der Waals surface area (Å²) < 4.78 is 26.3. The van der Waals surface area contributed by atoms with Crippen molar-refractivity contribution in [3.05, 3.63) is 59.2 Å². The van der Waals surface area contributed by atoms with Crippen LogP contribution in [0.1, 0.15) is 40.7 Å². The van der Waals surface area contributed by atoms with Gasteiger partial charge in [0.05, 0.1) is 14.2 Å². The van der Waals surface area contributed by atoms with Gasteiger partial charge in [-0.1, -0.05) is 30.3 Å². The second-order valence-electron chi connectivity index (χ2n) is 8.25. The highest BCUT2D eigenvalue weighted by Crippen LogP contribution is 2.41. The molecule has 1 aliphatic heterocycles. The summed E-state index contributed by atoms with van der Waals surface area (Å²) >= 11 is 0. The number of hydrogen-bond donors (Lipinski definition) is 0. The number of fused-ring (bicyclic) bond motifs is 1. The molecule has 0 amide bonds. The first-order valence-corrected chi connectivity index (χ1v) is 10.3. The fraction of sp³-hybridized carbons (Fsp3) is 0.458. The maximum Gasteiger partial charge on any atom is 0.166 e. The monoisotopic (exact) mass is 397 g/mol. The molecule has 2 aromatic rings. The average Bonchev–Trinajstić information content (AvgIpc) is 3.03. The lowest BCUT2D eigenvalue weighted by Gasteiger charge is -2.37. The van der Waals surface area contributed by atoms with E-state index >= 15 is 4.39 Å². The Bertz CT molecular complexity index is 875. The van der Waals surface area contributed by atoms with Crippen LogP contribution in [-0.2, 0) is 13.0 Å². The Balaban J connectivity index is 1.39. The topological polar surface area (TPSA) is 38.8 Å². The Hall–Kier alpha value is -2.40. The maximum atomic E-state index is 15.6. The van der Waals surface area contributed by atoms with Crippen LogP contribution in [0.5, 0.6) is 11.5 Å². The number of hydrogen-bond acceptors (Lipinski definition) is 4. The molecule has 2 aliphatic rings. The Kier molecular flexibility index (Phi) is 5.59. The van der Waals surface area contributed by atoms with E-state index in [2.05, 4.69) is 17.0 Å². The Morgan fingerprint density at radius 3 is 2.38 bits per heavy atom. The number of carbonyl (C=O) groups excluding carboxylic acids is 1. The van der Waals surface area contributed by atoms with Gasteiger partial charge in [-0.25, -0.2) is 4.39 Å². The van der Waals surface area contributed by atoms with Crippen molar-refractivity contribution >= 4 is 5.78 Å². The van der Waals surface area contributed by atoms with Gasteiger partial charge in [0.25, 0.3) is 0 Å². The summed E-state index contributed by atoms with van der Waals surface area (Å²) in [5, 5.41) is 0. The van der Waals surface area contributed by atoms with Crippen molar-refractivity contribution in [1.29, 1.82) is 0 Å². The van der Waals surface area contributed by atoms with Crippen LogP contribution < -0.4 is 9.47 Å². The van der Waals surface area contributed by atoms with Crippen molar-refractivity contribution in [1.82, 2.24) is 4.90 Å². The lowest BCUT2D eigenvalue weighted by molar-refractivity contribution is 0.0336. The van der Waals surface area contributed by atoms with Gasteiger partial charge in [-0.3, -0.25) is 9.69 Å². The van der Waals surface area contributed by atoms with Gasteiger partial charge in [0.1, 0.15) is 5.67 Å². The molecule has 0 spiro atoms. The number of Topliss-reactive ketones (excluding diaryl/α,β-unsaturated/α-hetero) is 1. The number of piperidine rings is 1. The molecule has 154 valence electrons. The highest BCUT2D eigenvalue weighted by molar-refractivity contribution is 6.03. The van der Waals surface area contributed by atoms with Crippen molar-refractivity contribution in [3.63, 3.8) is 0 Å². The number of alkyl halides is 1. The number of benzene rings is 2. The standard InChI is InChI=1S/C24H28FNO3/c1-28-21-13-18-12-19(23(27)20(18)14-22(21)29-2)15-24(25)8-10-26(11-9-24)16-17-6-4-3-5-7-17/h3-7,13-14,19H,8-12,15-16H2,1-2H3. The lowest BCUT2D eigenvalue weighted by atomic mass is 9.82. The summed E-state index contributed by atoms with van der Waals surface area (Å²) in [5.41, 5.74) is 1.56. The molecular weight excluding hydrogens is 369 g/mol. The molecule has 1 saturated heterocycles. The fourth-order valence-corrected chi connectivity index (χ4v) is 4.66. The van der Waals surface area contributed by atoms with E-state index < -0.39 is 5.67 Å². The van der Waals surface area contributed by atoms with Gasteiger partial charge in [-0.2, -0.15) is 0 Å². The number of likely N-dealkylation sites (tertiary alicyclic amines) is 1. The first-order chi connectivity index (χ1) is 14.0. The Labute approximate surface area is 171 Å². The van der Waals surface area contributed by atoms with E-state index in [0.29, 0.717) is 42.7 Å². The minimum absolute atomic E-state index is 0.0321. The smallest absolute Gasteiger partial charge is 0.166 e. The van der Waals surface area contributed by atoms with Gasteiger partial charge in [-0.15, -0.1) is 0 Å². The van der Waals surface area contributed by atoms with Crippen molar-refractivity contribution in [2.45, 2.75) is 37.9 Å². The number of halogens is 1. The summed E-state index contributed by atoms with van der Waals surface area (Å²) in [5.74, 6) is 0.894. The zero-order valence-electron chi connectivity index (χ0n) is 17.1. The zero-order chi connectivity index (χ0) is 20.4. The predicted molar refractivity (Wildman–Crippen MR) is 110 cm³/mol. The molecule has 1 aliphatic carbocycles. The van der Waals surface area contributed by atoms with E-state index in [1.807, 2.05) is 24.3 Å². The highest BCUT2D eigenvalue weighted by atomic mass is 19.1. The molecule has 4 nitrogen and oxygen atoms in total. The number of methoxy groups -OCH3 is 2. The third-order valence-electron chi connectivity index (χ3n) is 6.33. The molecule has 0 N–H and O–H groups in total. The second-order valence-corrected chi connectivity index (χ2v) is 8.25. The van der Waals surface area contributed by atoms with Crippen LogP contribution in [0, 0.1) is 5.92 Å². The third kappa shape index (κ3) is 4.15. The maximum absolute atomic E-state index is 15.6. The molecule has 0 bridgehead atoms. The number of ether oxygens (including phenoxy) is 2. The molecule has 4 rings (SSSR count). The second kappa shape index (κ2) is 8.15. The largest absolute Gasteiger partial charge is 0.493 e. The van der Waals surface area contributed by atoms with Gasteiger partial charge < -0.3 is 9.47 Å². The number of ketones is 1. The Morgan fingerprint density at radius 1 is 1.07 bits per heavy atom. The SMILES string of the molecule is COc1cc2c(cc1OC)C(=O)C(CC1(F)CCN(Cc3ccccc3)CC1)C2. The molecular formula is C24H28FNO3. The van der Waals surface area contributed by atoms with Gasteiger partial charge in [0, 0.05) is 31.1 Å². The van der Waals surface area contributed by atoms with Crippen LogP contribution in [0.3, 0.4) is 0 Å². The van der Waals surface area contributed by atoms with Gasteiger partial charge in [0.15, 0.2) is 17.3 Å². The van der Waals surface area contributed by atoms with Crippen molar-refractivity contribution in [3.8, 4) is 11.5 Å². The Morgan fingerprint density at radius 2 is 1.72 bits per heavy atom. The summed E-state index contributed by atoms with van der Waals surface area (Å²) in [6.07, 6.45) is 1.83. The summed E-state index contributed by atoms with van der Waals surface area (Å²) in [6.45, 7) is 2.30. The molecule has 1 unspecified atom stereocenters. The molecule has 1 atom stereocenters. The van der Waals surface area contributed by atoms with Gasteiger partial charge in [0.2, 0.25) is 0 Å². The van der Waals surface area contributed by atoms with Crippen molar-refractivity contribution in [2.24, 2.45) is 5.92 Å². The highest BCUT2D eigenvalue weighted by Gasteiger charge is 2.41. The predicted octanol–water partition coefficient (Wildman–Crippen LogP) is 4.45. The van der Waals surface area contributed by atoms with Gasteiger partial charge >= 0.3 is 0 Å². The van der Waals surface area contributed by atoms with E-state index in [0.717, 1.165) is 25.2 Å². The van der Waals surface area contributed by atoms with Crippen LogP contribution in [0.25, 0.3) is 0 Å². The summed E-state index contributed by atoms with van der Waals surface area (Å²) in [6, 6.07) is 13.9. The minimum Gasteiger partial charge on any atom is -0.493 e. The minimum atomic E-state index is -1.27. The van der Waals surface area contributed by atoms with E-state index in [1.54, 1.807) is 20.3 Å². The van der Waals surface area contributed by atoms with Crippen LogP contribution in [-0.4, -0.2) is 43.7 Å². The molecule has 2 aromatic carbocycles. The van der Waals surface area contributed by atoms with E-state index in [-0.39, 0.29) is 11.7 Å². The molecule has 1 fully saturated rings. The van der Waals surface area contributed by atoms with E-state index in [1.165, 1.54) is 5.56 Å². The fourth-order valence-electron chi connectivity index (χ4n) is 4.66. The molecule has 0 aromatic heterocycles. The van der Waals surface area contributed by atoms with Gasteiger partial charge in [-0.05, 0) is 48.9 Å². The number of carbonyl (C=O) groups is 1. The lowest BCUT2D eigenvalue weighted by Crippen LogP contribution is -2.42. The van der Waals surface area contributed by atoms with Crippen molar-refractivity contribution in [2.75, 3.05) is 27.3 Å². The van der Waals surface area contributed by atoms with E-state index in [9.17, 15) is 4.79 Å². The molecule has 1 heterocycles. The third-order valence-corrected chi connectivity index (χ3v) is 6.33.